The maximum atomic E-state index is 10.6. The van der Waals surface area contributed by atoms with Crippen molar-refractivity contribution in [1.82, 2.24) is 0 Å². The largest absolute Gasteiger partial charge is 0.545 e. The molecule has 0 radical (unpaired) electrons. The van der Waals surface area contributed by atoms with Gasteiger partial charge in [0.15, 0.2) is 0 Å². The predicted molar refractivity (Wildman–Crippen MR) is 71.7 cm³/mol. The van der Waals surface area contributed by atoms with Crippen LogP contribution < -0.4 is 5.11 Å². The average molecular weight is 258 g/mol. The van der Waals surface area contributed by atoms with Crippen molar-refractivity contribution in [3.8, 4) is 0 Å². The molecule has 1 aromatic carbocycles. The molecule has 0 bridgehead atoms. The molecule has 1 heterocycles. The molecule has 2 rings (SSSR count). The van der Waals surface area contributed by atoms with Crippen LogP contribution in [0.15, 0.2) is 41.4 Å². The smallest absolute Gasteiger partial charge is 0.0715 e. The minimum absolute atomic E-state index is 0.165. The Morgan fingerprint density at radius 1 is 1.28 bits per heavy atom. The third-order valence-corrected chi connectivity index (χ3v) is 3.64. The van der Waals surface area contributed by atoms with Crippen molar-refractivity contribution in [3.05, 3.63) is 51.7 Å². The fourth-order valence-electron chi connectivity index (χ4n) is 1.48. The van der Waals surface area contributed by atoms with E-state index in [2.05, 4.69) is 18.0 Å². The Balaban J connectivity index is 2.11. The van der Waals surface area contributed by atoms with E-state index < -0.39 is 5.97 Å². The predicted octanol–water partition coefficient (Wildman–Crippen LogP) is 2.42. The number of thiophene rings is 1. The molecule has 0 atom stereocenters. The fourth-order valence-corrected chi connectivity index (χ4v) is 2.30. The van der Waals surface area contributed by atoms with Gasteiger partial charge in [0.25, 0.3) is 0 Å². The second kappa shape index (κ2) is 5.60. The van der Waals surface area contributed by atoms with E-state index in [1.807, 2.05) is 6.07 Å². The molecule has 0 spiro atoms. The fraction of sp³-hybridized carbons (Fsp3) is 0.143. The Kier molecular flexibility index (Phi) is 3.89. The summed E-state index contributed by atoms with van der Waals surface area (Å²) in [5.74, 6) is -1.17. The number of carbonyl (C=O) groups is 1. The van der Waals surface area contributed by atoms with Gasteiger partial charge in [0.2, 0.25) is 0 Å². The lowest BCUT2D eigenvalue weighted by molar-refractivity contribution is -0.255. The first kappa shape index (κ1) is 12.5. The number of nitrogens with zero attached hydrogens (tertiary/aromatic N) is 1. The van der Waals surface area contributed by atoms with Crippen molar-refractivity contribution in [1.29, 1.82) is 0 Å². The summed E-state index contributed by atoms with van der Waals surface area (Å²) >= 11 is 1.71. The molecular weight excluding hydrogens is 246 g/mol. The van der Waals surface area contributed by atoms with Crippen LogP contribution in [-0.4, -0.2) is 12.2 Å². The molecule has 0 aliphatic rings. The lowest BCUT2D eigenvalue weighted by Crippen LogP contribution is -2.21. The van der Waals surface area contributed by atoms with Gasteiger partial charge in [-0.2, -0.15) is 0 Å². The van der Waals surface area contributed by atoms with E-state index >= 15 is 0 Å². The summed E-state index contributed by atoms with van der Waals surface area (Å²) in [6.07, 6.45) is 2.82. The molecule has 0 N–H and O–H groups in total. The van der Waals surface area contributed by atoms with Crippen LogP contribution in [0.25, 0.3) is 0 Å². The molecule has 0 fully saturated rings. The van der Waals surface area contributed by atoms with Gasteiger partial charge in [-0.1, -0.05) is 19.1 Å². The highest BCUT2D eigenvalue weighted by atomic mass is 32.1. The van der Waals surface area contributed by atoms with Gasteiger partial charge in [-0.25, -0.2) is 0 Å². The second-order valence-corrected chi connectivity index (χ2v) is 4.95. The van der Waals surface area contributed by atoms with Gasteiger partial charge >= 0.3 is 0 Å². The number of carboxylic acid groups (broad SMARTS) is 1. The lowest BCUT2D eigenvalue weighted by Gasteiger charge is -2.01. The molecule has 1 aromatic heterocycles. The van der Waals surface area contributed by atoms with Crippen LogP contribution in [0.1, 0.15) is 27.0 Å². The Morgan fingerprint density at radius 2 is 2.00 bits per heavy atom. The standard InChI is InChI=1S/C14H13NO2S/c1-2-12-7-8-13(18-12)9-15-11-5-3-10(4-6-11)14(16)17/h3-9H,2H2,1H3,(H,16,17)/p-1. The number of aryl methyl sites for hydroxylation is 1. The summed E-state index contributed by atoms with van der Waals surface area (Å²) in [6.45, 7) is 2.12. The first-order chi connectivity index (χ1) is 8.69. The lowest BCUT2D eigenvalue weighted by atomic mass is 10.2. The van der Waals surface area contributed by atoms with Gasteiger partial charge in [0, 0.05) is 16.0 Å². The van der Waals surface area contributed by atoms with E-state index in [0.717, 1.165) is 17.0 Å². The summed E-state index contributed by atoms with van der Waals surface area (Å²) in [7, 11) is 0. The van der Waals surface area contributed by atoms with E-state index in [0.29, 0.717) is 0 Å². The number of hydrogen-bond donors (Lipinski definition) is 0. The molecule has 3 nitrogen and oxygen atoms in total. The van der Waals surface area contributed by atoms with E-state index in [9.17, 15) is 9.90 Å². The molecule has 4 heteroatoms. The highest BCUT2D eigenvalue weighted by molar-refractivity contribution is 7.13. The molecule has 0 saturated heterocycles. The number of hydrogen-bond acceptors (Lipinski definition) is 4. The first-order valence-corrected chi connectivity index (χ1v) is 6.45. The summed E-state index contributed by atoms with van der Waals surface area (Å²) in [4.78, 5) is 17.3. The summed E-state index contributed by atoms with van der Waals surface area (Å²) in [6, 6.07) is 10.4. The van der Waals surface area contributed by atoms with E-state index in [1.165, 1.54) is 17.0 Å². The van der Waals surface area contributed by atoms with E-state index in [-0.39, 0.29) is 5.56 Å². The van der Waals surface area contributed by atoms with Gasteiger partial charge in [-0.3, -0.25) is 4.99 Å². The van der Waals surface area contributed by atoms with Crippen molar-refractivity contribution >= 4 is 29.2 Å². The molecule has 18 heavy (non-hydrogen) atoms. The number of carboxylic acids is 1. The molecule has 92 valence electrons. The van der Waals surface area contributed by atoms with Crippen LogP contribution >= 0.6 is 11.3 Å². The zero-order valence-corrected chi connectivity index (χ0v) is 10.7. The SMILES string of the molecule is CCc1ccc(C=Nc2ccc(C(=O)[O-])cc2)s1. The Morgan fingerprint density at radius 3 is 2.56 bits per heavy atom. The van der Waals surface area contributed by atoms with E-state index in [4.69, 9.17) is 0 Å². The molecule has 0 unspecified atom stereocenters. The first-order valence-electron chi connectivity index (χ1n) is 5.63. The van der Waals surface area contributed by atoms with Crippen LogP contribution in [0, 0.1) is 0 Å². The van der Waals surface area contributed by atoms with Crippen molar-refractivity contribution < 1.29 is 9.90 Å². The van der Waals surface area contributed by atoms with Crippen LogP contribution in [0.4, 0.5) is 5.69 Å². The molecule has 0 saturated carbocycles. The van der Waals surface area contributed by atoms with Crippen molar-refractivity contribution in [2.45, 2.75) is 13.3 Å². The highest BCUT2D eigenvalue weighted by Crippen LogP contribution is 2.17. The van der Waals surface area contributed by atoms with Crippen LogP contribution in [0.5, 0.6) is 0 Å². The minimum Gasteiger partial charge on any atom is -0.545 e. The normalized spacial score (nSPS) is 10.9. The highest BCUT2D eigenvalue weighted by Gasteiger charge is 1.96. The molecule has 2 aromatic rings. The molecular formula is C14H12NO2S-. The summed E-state index contributed by atoms with van der Waals surface area (Å²) in [5, 5.41) is 10.6. The number of rotatable bonds is 4. The van der Waals surface area contributed by atoms with Gasteiger partial charge in [-0.15, -0.1) is 11.3 Å². The topological polar surface area (TPSA) is 52.5 Å². The quantitative estimate of drug-likeness (QED) is 0.791. The summed E-state index contributed by atoms with van der Waals surface area (Å²) in [5.41, 5.74) is 0.893. The zero-order valence-electron chi connectivity index (χ0n) is 9.92. The monoisotopic (exact) mass is 258 g/mol. The molecule has 0 aliphatic carbocycles. The van der Waals surface area contributed by atoms with Gasteiger partial charge in [0.05, 0.1) is 11.7 Å². The number of aromatic carboxylic acids is 1. The number of benzene rings is 1. The molecule has 0 aliphatic heterocycles. The Bertz CT molecular complexity index is 570. The average Bonchev–Trinajstić information content (AvgIpc) is 2.85. The second-order valence-electron chi connectivity index (χ2n) is 3.75. The minimum atomic E-state index is -1.17. The number of aliphatic imine (C=N–C) groups is 1. The van der Waals surface area contributed by atoms with Crippen molar-refractivity contribution in [2.24, 2.45) is 4.99 Å². The van der Waals surface area contributed by atoms with E-state index in [1.54, 1.807) is 29.7 Å². The van der Waals surface area contributed by atoms with Gasteiger partial charge in [-0.05, 0) is 36.2 Å². The van der Waals surface area contributed by atoms with Gasteiger partial charge < -0.3 is 9.90 Å². The van der Waals surface area contributed by atoms with Crippen LogP contribution in [-0.2, 0) is 6.42 Å². The third kappa shape index (κ3) is 3.05. The Hall–Kier alpha value is -1.94. The third-order valence-electron chi connectivity index (χ3n) is 2.47. The van der Waals surface area contributed by atoms with Crippen molar-refractivity contribution in [3.63, 3.8) is 0 Å². The molecule has 0 amide bonds. The van der Waals surface area contributed by atoms with Gasteiger partial charge in [0.1, 0.15) is 0 Å². The zero-order chi connectivity index (χ0) is 13.0. The van der Waals surface area contributed by atoms with Crippen LogP contribution in [0.3, 0.4) is 0 Å². The maximum Gasteiger partial charge on any atom is 0.0715 e. The van der Waals surface area contributed by atoms with Crippen molar-refractivity contribution in [2.75, 3.05) is 0 Å². The summed E-state index contributed by atoms with van der Waals surface area (Å²) < 4.78 is 0. The maximum absolute atomic E-state index is 10.6. The van der Waals surface area contributed by atoms with Crippen LogP contribution in [0.2, 0.25) is 0 Å². The Labute approximate surface area is 109 Å². The number of carbonyl (C=O) groups excluding carboxylic acids is 1.